The zero-order valence-corrected chi connectivity index (χ0v) is 55.7. The number of amides is 6. The predicted octanol–water partition coefficient (Wildman–Crippen LogP) is 18.7. The highest BCUT2D eigenvalue weighted by atomic mass is 16.6. The maximum Gasteiger partial charge on any atom is 0.411 e. The van der Waals surface area contributed by atoms with E-state index in [0.717, 1.165) is 0 Å². The maximum absolute atomic E-state index is 13.5. The molecule has 11 rings (SSSR count). The van der Waals surface area contributed by atoms with Gasteiger partial charge in [0, 0.05) is 129 Å². The molecular formula is C72H76N6O20. The average molecular weight is 1350 g/mol. The van der Waals surface area contributed by atoms with Crippen LogP contribution in [0.4, 0.5) is 62.9 Å². The molecule has 3 heterocycles. The fraction of sp³-hybridized carbons (Fsp3) is 0.333. The molecule has 0 saturated carbocycles. The van der Waals surface area contributed by atoms with Crippen LogP contribution in [-0.4, -0.2) is 86.4 Å². The van der Waals surface area contributed by atoms with Crippen LogP contribution in [0.3, 0.4) is 0 Å². The Labute approximate surface area is 564 Å². The Hall–Kier alpha value is -11.4. The highest BCUT2D eigenvalue weighted by Crippen LogP contribution is 2.59. The molecular weight excluding hydrogens is 1270 g/mol. The molecule has 0 radical (unpaired) electrons. The summed E-state index contributed by atoms with van der Waals surface area (Å²) in [5, 5.41) is 41.6. The average Bonchev–Trinajstić information content (AvgIpc) is 1.42. The molecule has 26 nitrogen and oxygen atoms in total. The molecule has 7 aromatic carbocycles. The summed E-state index contributed by atoms with van der Waals surface area (Å²) in [7, 11) is 0. The molecule has 1 aliphatic carbocycles. The van der Waals surface area contributed by atoms with Crippen molar-refractivity contribution in [3.8, 4) is 80.5 Å². The Bertz CT molecular complexity index is 4040. The van der Waals surface area contributed by atoms with Gasteiger partial charge in [-0.2, -0.15) is 0 Å². The van der Waals surface area contributed by atoms with Gasteiger partial charge in [0.1, 0.15) is 46.0 Å². The molecule has 4 aliphatic rings. The highest BCUT2D eigenvalue weighted by molar-refractivity contribution is 5.99. The molecule has 26 heteroatoms. The number of hydrogen-bond donors (Lipinski definition) is 8. The van der Waals surface area contributed by atoms with Gasteiger partial charge in [-0.1, -0.05) is 27.7 Å². The van der Waals surface area contributed by atoms with Crippen LogP contribution in [-0.2, 0) is 28.4 Å². The standard InChI is InChI=1S/C72H76N6O20/c1-11-35-39-21-41-36(12-2)43-23-45-38(14-4)46-24-44-37(13-3)42-22-40(35)54(80)32-56(42)94-62-26-48(74-68(82)88-16-6)50(76-70(84)90-18-8)28-64(62)96-58(44)34-60(46)98-66-30-52(78-72(86)92-20-10)51(77-71(85)91-19-9)29-65(66)97-59(45)33-57(43)95-63-27-49(75-69(83)89-17-7)47(73-67(81)87-15-5)25-61(63)93-55(41)31-53(39)79/h21-38,79-80H,11-20H2,1-10H3,(H,73,81)(H,74,82)(H,75,83)(H,76,84)(H,77,85)(H,78,86). The first-order chi connectivity index (χ1) is 47.3. The lowest BCUT2D eigenvalue weighted by Crippen LogP contribution is -2.18. The second-order valence-corrected chi connectivity index (χ2v) is 22.8. The Balaban J connectivity index is 1.28. The number of rotatable bonds is 16. The zero-order chi connectivity index (χ0) is 69.6. The number of phenols is 2. The Morgan fingerprint density at radius 3 is 0.622 bits per heavy atom. The lowest BCUT2D eigenvalue weighted by atomic mass is 9.77. The number of fused-ring (bicyclic) bond motifs is 5. The van der Waals surface area contributed by atoms with Crippen molar-refractivity contribution in [1.29, 1.82) is 0 Å². The molecule has 98 heavy (non-hydrogen) atoms. The van der Waals surface area contributed by atoms with Crippen LogP contribution in [0.5, 0.6) is 80.5 Å². The van der Waals surface area contributed by atoms with E-state index in [9.17, 15) is 39.0 Å². The maximum atomic E-state index is 13.5. The first-order valence-electron chi connectivity index (χ1n) is 32.7. The van der Waals surface area contributed by atoms with Crippen LogP contribution < -0.4 is 60.3 Å². The molecule has 7 aromatic rings. The fourth-order valence-corrected chi connectivity index (χ4v) is 12.7. The molecule has 0 fully saturated rings. The molecule has 8 N–H and O–H groups in total. The van der Waals surface area contributed by atoms with E-state index in [1.165, 1.54) is 48.5 Å². The summed E-state index contributed by atoms with van der Waals surface area (Å²) < 4.78 is 74.5. The number of carbonyl (C=O) groups is 6. The van der Waals surface area contributed by atoms with Gasteiger partial charge in [0.2, 0.25) is 0 Å². The third-order valence-electron chi connectivity index (χ3n) is 16.9. The predicted molar refractivity (Wildman–Crippen MR) is 361 cm³/mol. The van der Waals surface area contributed by atoms with Crippen molar-refractivity contribution >= 4 is 70.7 Å². The third-order valence-corrected chi connectivity index (χ3v) is 16.9. The summed E-state index contributed by atoms with van der Waals surface area (Å²) in [5.74, 6) is -1.80. The molecule has 3 aliphatic heterocycles. The highest BCUT2D eigenvalue weighted by Gasteiger charge is 2.38. The van der Waals surface area contributed by atoms with E-state index in [-0.39, 0.29) is 154 Å². The van der Waals surface area contributed by atoms with Gasteiger partial charge < -0.3 is 67.1 Å². The summed E-state index contributed by atoms with van der Waals surface area (Å²) in [5.41, 5.74) is 4.50. The fourth-order valence-electron chi connectivity index (χ4n) is 12.7. The van der Waals surface area contributed by atoms with Gasteiger partial charge in [-0.3, -0.25) is 31.9 Å². The number of ether oxygens (including phenoxy) is 12. The van der Waals surface area contributed by atoms with Gasteiger partial charge in [0.05, 0.1) is 73.8 Å². The summed E-state index contributed by atoms with van der Waals surface area (Å²) in [6, 6.07) is 22.8. The number of aromatic hydroxyl groups is 2. The van der Waals surface area contributed by atoms with Crippen molar-refractivity contribution in [1.82, 2.24) is 0 Å². The smallest absolute Gasteiger partial charge is 0.411 e. The van der Waals surface area contributed by atoms with E-state index in [4.69, 9.17) is 56.8 Å². The molecule has 514 valence electrons. The quantitative estimate of drug-likeness (QED) is 0.0417. The SMILES string of the molecule is CCOC(=O)Nc1cc2c(cc1NC(=O)OCC)Oc1cc3c4cc1C(CC)c1cc(c(O)cc1O2)C(CC)c1cc2c(cc1O)Oc1cc(NC(=O)OCC)c(NC(=O)OCC)cc1Oc1cc(c(cc1C2CC)C4CC)Oc1cc(NC(=O)OCC)c(NC(=O)OCC)cc1O3. The van der Waals surface area contributed by atoms with Crippen LogP contribution >= 0.6 is 0 Å². The van der Waals surface area contributed by atoms with Crippen LogP contribution in [0, 0.1) is 0 Å². The largest absolute Gasteiger partial charge is 0.508 e. The molecule has 6 amide bonds. The van der Waals surface area contributed by atoms with Crippen LogP contribution in [0.2, 0.25) is 0 Å². The molecule has 8 bridgehead atoms. The van der Waals surface area contributed by atoms with Crippen molar-refractivity contribution in [2.75, 3.05) is 71.5 Å². The molecule has 0 spiro atoms. The van der Waals surface area contributed by atoms with E-state index in [2.05, 4.69) is 31.9 Å². The molecule has 0 saturated heterocycles. The summed E-state index contributed by atoms with van der Waals surface area (Å²) in [4.78, 5) is 80.2. The molecule has 0 aromatic heterocycles. The lowest BCUT2D eigenvalue weighted by molar-refractivity contribution is 0.166. The van der Waals surface area contributed by atoms with E-state index in [1.807, 2.05) is 52.0 Å². The van der Waals surface area contributed by atoms with Gasteiger partial charge in [-0.15, -0.1) is 0 Å². The Morgan fingerprint density at radius 1 is 0.265 bits per heavy atom. The second-order valence-electron chi connectivity index (χ2n) is 22.8. The number of hydrogen-bond acceptors (Lipinski definition) is 20. The van der Waals surface area contributed by atoms with Crippen molar-refractivity contribution in [2.24, 2.45) is 0 Å². The van der Waals surface area contributed by atoms with Gasteiger partial charge in [0.25, 0.3) is 0 Å². The first kappa shape index (κ1) is 68.0. The summed E-state index contributed by atoms with van der Waals surface area (Å²) >= 11 is 0. The van der Waals surface area contributed by atoms with Crippen LogP contribution in [0.25, 0.3) is 0 Å². The van der Waals surface area contributed by atoms with Crippen molar-refractivity contribution in [3.63, 3.8) is 0 Å². The minimum absolute atomic E-state index is 0.000669. The monoisotopic (exact) mass is 1340 g/mol. The topological polar surface area (TPSA) is 326 Å². The van der Waals surface area contributed by atoms with Gasteiger partial charge in [-0.05, 0) is 91.5 Å². The molecule has 2 atom stereocenters. The second kappa shape index (κ2) is 29.3. The van der Waals surface area contributed by atoms with Crippen LogP contribution in [0.1, 0.15) is 163 Å². The van der Waals surface area contributed by atoms with Crippen molar-refractivity contribution in [3.05, 3.63) is 129 Å². The van der Waals surface area contributed by atoms with Gasteiger partial charge in [0.15, 0.2) is 34.5 Å². The van der Waals surface area contributed by atoms with Crippen molar-refractivity contribution in [2.45, 2.75) is 119 Å². The van der Waals surface area contributed by atoms with Gasteiger partial charge >= 0.3 is 36.6 Å². The van der Waals surface area contributed by atoms with Crippen molar-refractivity contribution < 1.29 is 95.8 Å². The zero-order valence-electron chi connectivity index (χ0n) is 55.7. The molecule has 2 unspecified atom stereocenters. The lowest BCUT2D eigenvalue weighted by Gasteiger charge is -2.29. The minimum Gasteiger partial charge on any atom is -0.508 e. The summed E-state index contributed by atoms with van der Waals surface area (Å²) in [6.45, 7) is 17.8. The normalized spacial score (nSPS) is 15.4. The number of anilines is 6. The number of phenolic OH excluding ortho intramolecular Hbond substituents is 2. The number of benzene rings is 7. The summed E-state index contributed by atoms with van der Waals surface area (Å²) in [6.07, 6.45) is -3.67. The van der Waals surface area contributed by atoms with E-state index < -0.39 is 60.2 Å². The number of nitrogens with one attached hydrogen (secondary N) is 6. The van der Waals surface area contributed by atoms with Gasteiger partial charge in [-0.25, -0.2) is 28.8 Å². The van der Waals surface area contributed by atoms with Crippen LogP contribution in [0.15, 0.2) is 84.9 Å². The Kier molecular flexibility index (Phi) is 20.3. The third kappa shape index (κ3) is 13.8. The minimum atomic E-state index is -0.865. The van der Waals surface area contributed by atoms with E-state index in [0.29, 0.717) is 70.2 Å². The van der Waals surface area contributed by atoms with E-state index in [1.54, 1.807) is 53.7 Å². The number of carbonyl (C=O) groups excluding carboxylic acids is 6. The first-order valence-corrected chi connectivity index (χ1v) is 32.7. The Morgan fingerprint density at radius 2 is 0.439 bits per heavy atom. The van der Waals surface area contributed by atoms with E-state index >= 15 is 0 Å².